The number of anilines is 1. The molecular weight excluding hydrogens is 420 g/mol. The van der Waals surface area contributed by atoms with Crippen molar-refractivity contribution in [1.82, 2.24) is 15.5 Å². The smallest absolute Gasteiger partial charge is 0.286 e. The van der Waals surface area contributed by atoms with E-state index in [-0.39, 0.29) is 42.0 Å². The Hall–Kier alpha value is -2.62. The van der Waals surface area contributed by atoms with E-state index in [4.69, 9.17) is 4.74 Å². The van der Waals surface area contributed by atoms with Crippen molar-refractivity contribution in [3.05, 3.63) is 62.2 Å². The molecule has 9 heteroatoms. The van der Waals surface area contributed by atoms with Gasteiger partial charge in [0.1, 0.15) is 18.2 Å². The first-order chi connectivity index (χ1) is 14.4. The van der Waals surface area contributed by atoms with E-state index in [1.807, 2.05) is 48.7 Å². The summed E-state index contributed by atoms with van der Waals surface area (Å²) < 4.78 is 5.47. The molecule has 0 radical (unpaired) electrons. The van der Waals surface area contributed by atoms with E-state index in [2.05, 4.69) is 34.7 Å². The molecule has 0 fully saturated rings. The highest BCUT2D eigenvalue weighted by atomic mass is 32.1. The average molecular weight is 445 g/mol. The largest absolute Gasteiger partial charge is 0.364 e. The van der Waals surface area contributed by atoms with Crippen molar-refractivity contribution in [2.24, 2.45) is 5.92 Å². The summed E-state index contributed by atoms with van der Waals surface area (Å²) in [5.74, 6) is -0.245. The number of ether oxygens (including phenoxy) is 1. The van der Waals surface area contributed by atoms with Crippen LogP contribution in [0.4, 0.5) is 5.69 Å². The fourth-order valence-electron chi connectivity index (χ4n) is 2.71. The van der Waals surface area contributed by atoms with Gasteiger partial charge in [-0.2, -0.15) is 0 Å². The monoisotopic (exact) mass is 444 g/mol. The number of hydrogen-bond donors (Lipinski definition) is 2. The van der Waals surface area contributed by atoms with Crippen LogP contribution in [-0.4, -0.2) is 28.6 Å². The standard InChI is InChI=1S/C21H24N4O3S2/c1-13(2)19(16-5-4-10-29-16)23-17(26)11-28-12-18-24-25-21(30-18)20(27)22-15-8-6-14(3)7-9-15/h4-10,13,19H,11-12H2,1-3H3,(H,22,27)(H,23,26)/t19-/m0/s1. The van der Waals surface area contributed by atoms with Crippen LogP contribution in [0, 0.1) is 12.8 Å². The van der Waals surface area contributed by atoms with Crippen LogP contribution in [0.3, 0.4) is 0 Å². The molecule has 0 aliphatic rings. The van der Waals surface area contributed by atoms with E-state index in [0.29, 0.717) is 10.7 Å². The van der Waals surface area contributed by atoms with Gasteiger partial charge >= 0.3 is 0 Å². The van der Waals surface area contributed by atoms with Crippen molar-refractivity contribution in [2.75, 3.05) is 11.9 Å². The minimum atomic E-state index is -0.323. The number of nitrogens with one attached hydrogen (secondary N) is 2. The molecule has 30 heavy (non-hydrogen) atoms. The number of hydrogen-bond acceptors (Lipinski definition) is 7. The number of amides is 2. The van der Waals surface area contributed by atoms with Gasteiger partial charge in [-0.3, -0.25) is 9.59 Å². The summed E-state index contributed by atoms with van der Waals surface area (Å²) in [4.78, 5) is 25.7. The maximum Gasteiger partial charge on any atom is 0.286 e. The van der Waals surface area contributed by atoms with E-state index in [1.165, 1.54) is 0 Å². The van der Waals surface area contributed by atoms with Crippen molar-refractivity contribution in [2.45, 2.75) is 33.4 Å². The van der Waals surface area contributed by atoms with Gasteiger partial charge in [0.15, 0.2) is 0 Å². The molecule has 1 atom stereocenters. The summed E-state index contributed by atoms with van der Waals surface area (Å²) in [6.07, 6.45) is 0. The Labute approximate surface area is 183 Å². The fraction of sp³-hybridized carbons (Fsp3) is 0.333. The molecule has 3 rings (SSSR count). The number of carbonyl (C=O) groups is 2. The second-order valence-corrected chi connectivity index (χ2v) is 9.16. The van der Waals surface area contributed by atoms with Gasteiger partial charge in [-0.25, -0.2) is 0 Å². The second kappa shape index (κ2) is 10.4. The molecular formula is C21H24N4O3S2. The van der Waals surface area contributed by atoms with Crippen LogP contribution in [0.25, 0.3) is 0 Å². The zero-order valence-electron chi connectivity index (χ0n) is 17.0. The number of nitrogens with zero attached hydrogens (tertiary/aromatic N) is 2. The molecule has 158 valence electrons. The first-order valence-electron chi connectivity index (χ1n) is 9.53. The third kappa shape index (κ3) is 6.19. The summed E-state index contributed by atoms with van der Waals surface area (Å²) >= 11 is 2.76. The lowest BCUT2D eigenvalue weighted by atomic mass is 10.0. The predicted molar refractivity (Wildman–Crippen MR) is 119 cm³/mol. The molecule has 0 spiro atoms. The van der Waals surface area contributed by atoms with Gasteiger partial charge in [-0.1, -0.05) is 48.9 Å². The van der Waals surface area contributed by atoms with E-state index in [0.717, 1.165) is 21.8 Å². The molecule has 7 nitrogen and oxygen atoms in total. The Bertz CT molecular complexity index is 969. The van der Waals surface area contributed by atoms with Gasteiger partial charge in [0.2, 0.25) is 10.9 Å². The molecule has 3 aromatic rings. The Morgan fingerprint density at radius 3 is 2.57 bits per heavy atom. The van der Waals surface area contributed by atoms with Crippen molar-refractivity contribution >= 4 is 40.2 Å². The Morgan fingerprint density at radius 1 is 1.13 bits per heavy atom. The first kappa shape index (κ1) is 22.1. The fourth-order valence-corrected chi connectivity index (χ4v) is 4.33. The number of thiophene rings is 1. The number of carbonyl (C=O) groups excluding carboxylic acids is 2. The van der Waals surface area contributed by atoms with E-state index in [1.54, 1.807) is 11.3 Å². The van der Waals surface area contributed by atoms with Crippen LogP contribution < -0.4 is 10.6 Å². The van der Waals surface area contributed by atoms with E-state index < -0.39 is 0 Å². The van der Waals surface area contributed by atoms with Crippen LogP contribution in [0.2, 0.25) is 0 Å². The molecule has 0 saturated heterocycles. The minimum Gasteiger partial charge on any atom is -0.364 e. The molecule has 2 amide bonds. The average Bonchev–Trinajstić information content (AvgIpc) is 3.40. The Morgan fingerprint density at radius 2 is 1.90 bits per heavy atom. The van der Waals surface area contributed by atoms with E-state index >= 15 is 0 Å². The third-order valence-corrected chi connectivity index (χ3v) is 6.11. The van der Waals surface area contributed by atoms with E-state index in [9.17, 15) is 9.59 Å². The molecule has 2 N–H and O–H groups in total. The third-order valence-electron chi connectivity index (χ3n) is 4.26. The molecule has 0 saturated carbocycles. The summed E-state index contributed by atoms with van der Waals surface area (Å²) in [6, 6.07) is 11.4. The van der Waals surface area contributed by atoms with Gasteiger partial charge in [-0.05, 0) is 36.4 Å². The van der Waals surface area contributed by atoms with Crippen molar-refractivity contribution in [3.63, 3.8) is 0 Å². The van der Waals surface area contributed by atoms with Crippen molar-refractivity contribution in [3.8, 4) is 0 Å². The zero-order valence-corrected chi connectivity index (χ0v) is 18.7. The maximum absolute atomic E-state index is 12.3. The summed E-state index contributed by atoms with van der Waals surface area (Å²) in [6.45, 7) is 6.15. The van der Waals surface area contributed by atoms with Gasteiger partial charge in [-0.15, -0.1) is 21.5 Å². The van der Waals surface area contributed by atoms with Crippen LogP contribution in [-0.2, 0) is 16.1 Å². The van der Waals surface area contributed by atoms with Crippen molar-refractivity contribution < 1.29 is 14.3 Å². The normalized spacial score (nSPS) is 12.0. The number of rotatable bonds is 9. The van der Waals surface area contributed by atoms with Crippen LogP contribution in [0.15, 0.2) is 41.8 Å². The van der Waals surface area contributed by atoms with Gasteiger partial charge in [0.25, 0.3) is 5.91 Å². The molecule has 2 aromatic heterocycles. The van der Waals surface area contributed by atoms with Crippen LogP contribution in [0.1, 0.15) is 45.1 Å². The lowest BCUT2D eigenvalue weighted by Gasteiger charge is -2.21. The number of aromatic nitrogens is 2. The molecule has 0 aliphatic heterocycles. The number of benzene rings is 1. The van der Waals surface area contributed by atoms with Gasteiger partial charge in [0, 0.05) is 10.6 Å². The van der Waals surface area contributed by atoms with Crippen LogP contribution in [0.5, 0.6) is 0 Å². The highest BCUT2D eigenvalue weighted by molar-refractivity contribution is 7.13. The Kier molecular flexibility index (Phi) is 7.67. The second-order valence-electron chi connectivity index (χ2n) is 7.12. The molecule has 0 unspecified atom stereocenters. The lowest BCUT2D eigenvalue weighted by Crippen LogP contribution is -2.33. The number of aryl methyl sites for hydroxylation is 1. The zero-order chi connectivity index (χ0) is 21.5. The molecule has 0 aliphatic carbocycles. The maximum atomic E-state index is 12.3. The topological polar surface area (TPSA) is 93.2 Å². The first-order valence-corrected chi connectivity index (χ1v) is 11.2. The predicted octanol–water partition coefficient (Wildman–Crippen LogP) is 4.19. The molecule has 1 aromatic carbocycles. The summed E-state index contributed by atoms with van der Waals surface area (Å²) in [5, 5.41) is 16.5. The van der Waals surface area contributed by atoms with Crippen molar-refractivity contribution in [1.29, 1.82) is 0 Å². The minimum absolute atomic E-state index is 0.0419. The highest BCUT2D eigenvalue weighted by Gasteiger charge is 2.19. The summed E-state index contributed by atoms with van der Waals surface area (Å²) in [7, 11) is 0. The van der Waals surface area contributed by atoms with Gasteiger partial charge < -0.3 is 15.4 Å². The lowest BCUT2D eigenvalue weighted by molar-refractivity contribution is -0.127. The summed E-state index contributed by atoms with van der Waals surface area (Å²) in [5.41, 5.74) is 1.81. The van der Waals surface area contributed by atoms with Crippen LogP contribution >= 0.6 is 22.7 Å². The SMILES string of the molecule is Cc1ccc(NC(=O)c2nnc(COCC(=O)N[C@H](c3cccs3)C(C)C)s2)cc1. The molecule has 2 heterocycles. The highest BCUT2D eigenvalue weighted by Crippen LogP contribution is 2.25. The molecule has 0 bridgehead atoms. The van der Waals surface area contributed by atoms with Gasteiger partial charge in [0.05, 0.1) is 6.04 Å². The quantitative estimate of drug-likeness (QED) is 0.516. The Balaban J connectivity index is 1.46.